The highest BCUT2D eigenvalue weighted by atomic mass is 19.1. The number of H-pyrrole nitrogens is 1. The largest absolute Gasteiger partial charge is 0.494 e. The highest BCUT2D eigenvalue weighted by molar-refractivity contribution is 5.99. The Bertz CT molecular complexity index is 1060. The predicted molar refractivity (Wildman–Crippen MR) is 92.1 cm³/mol. The second-order valence-electron chi connectivity index (χ2n) is 5.44. The first-order valence-corrected chi connectivity index (χ1v) is 7.65. The number of ether oxygens (including phenoxy) is 2. The predicted octanol–water partition coefficient (Wildman–Crippen LogP) is 2.72. The van der Waals surface area contributed by atoms with Crippen LogP contribution in [-0.2, 0) is 4.74 Å². The first kappa shape index (κ1) is 17.3. The average Bonchev–Trinajstić information content (AvgIpc) is 2.65. The molecule has 0 aliphatic carbocycles. The zero-order valence-corrected chi connectivity index (χ0v) is 13.7. The van der Waals surface area contributed by atoms with Crippen LogP contribution in [0.4, 0.5) is 4.39 Å². The molecule has 6 nitrogen and oxygen atoms in total. The van der Waals surface area contributed by atoms with Crippen LogP contribution in [0.2, 0.25) is 0 Å². The van der Waals surface area contributed by atoms with E-state index < -0.39 is 24.2 Å². The number of hydrogen-bond acceptors (Lipinski definition) is 5. The summed E-state index contributed by atoms with van der Waals surface area (Å²) >= 11 is 0. The number of benzene rings is 2. The molecule has 132 valence electrons. The van der Waals surface area contributed by atoms with Crippen LogP contribution in [-0.4, -0.2) is 30.5 Å². The van der Waals surface area contributed by atoms with E-state index >= 15 is 0 Å². The van der Waals surface area contributed by atoms with Gasteiger partial charge in [-0.05, 0) is 30.3 Å². The van der Waals surface area contributed by atoms with Gasteiger partial charge in [0.2, 0.25) is 0 Å². The average molecular weight is 355 g/mol. The number of fused-ring (bicyclic) bond motifs is 1. The van der Waals surface area contributed by atoms with E-state index in [2.05, 4.69) is 4.98 Å². The fourth-order valence-corrected chi connectivity index (χ4v) is 2.44. The summed E-state index contributed by atoms with van der Waals surface area (Å²) in [6.45, 7) is -0.584. The van der Waals surface area contributed by atoms with Crippen LogP contribution in [0, 0.1) is 5.82 Å². The molecule has 0 saturated carbocycles. The lowest BCUT2D eigenvalue weighted by Crippen LogP contribution is -2.17. The topological polar surface area (TPSA) is 85.5 Å². The highest BCUT2D eigenvalue weighted by Gasteiger charge is 2.15. The Hall–Kier alpha value is -3.48. The molecule has 3 aromatic rings. The smallest absolute Gasteiger partial charge is 0.355 e. The van der Waals surface area contributed by atoms with Gasteiger partial charge in [0.05, 0.1) is 7.11 Å². The van der Waals surface area contributed by atoms with Crippen LogP contribution in [0.3, 0.4) is 0 Å². The zero-order chi connectivity index (χ0) is 18.7. The Kier molecular flexibility index (Phi) is 4.79. The molecule has 0 bridgehead atoms. The van der Waals surface area contributed by atoms with E-state index in [1.165, 1.54) is 19.2 Å². The second-order valence-corrected chi connectivity index (χ2v) is 5.44. The second kappa shape index (κ2) is 7.18. The van der Waals surface area contributed by atoms with E-state index in [-0.39, 0.29) is 22.4 Å². The van der Waals surface area contributed by atoms with Crippen molar-refractivity contribution < 1.29 is 23.5 Å². The maximum Gasteiger partial charge on any atom is 0.355 e. The van der Waals surface area contributed by atoms with Crippen molar-refractivity contribution in [3.8, 4) is 5.75 Å². The number of methoxy groups -OCH3 is 1. The molecule has 2 aromatic carbocycles. The first-order valence-electron chi connectivity index (χ1n) is 7.65. The van der Waals surface area contributed by atoms with E-state index in [0.717, 1.165) is 12.1 Å². The minimum absolute atomic E-state index is 0.00674. The minimum atomic E-state index is -0.852. The lowest BCUT2D eigenvalue weighted by molar-refractivity contribution is 0.0469. The third kappa shape index (κ3) is 3.46. The number of ketones is 1. The molecule has 1 N–H and O–H groups in total. The van der Waals surface area contributed by atoms with Crippen LogP contribution < -0.4 is 10.2 Å². The number of aromatic amines is 1. The van der Waals surface area contributed by atoms with Gasteiger partial charge < -0.3 is 14.5 Å². The lowest BCUT2D eigenvalue weighted by Gasteiger charge is -2.07. The third-order valence-electron chi connectivity index (χ3n) is 3.77. The van der Waals surface area contributed by atoms with Crippen LogP contribution in [0.25, 0.3) is 10.9 Å². The number of para-hydroxylation sites is 1. The summed E-state index contributed by atoms with van der Waals surface area (Å²) in [5.74, 6) is -2.12. The van der Waals surface area contributed by atoms with Gasteiger partial charge >= 0.3 is 5.97 Å². The normalized spacial score (nSPS) is 10.5. The molecule has 0 spiro atoms. The Labute approximate surface area is 147 Å². The number of carbonyl (C=O) groups is 2. The number of carbonyl (C=O) groups excluding carboxylic acids is 2. The molecule has 3 rings (SSSR count). The fraction of sp³-hybridized carbons (Fsp3) is 0.105. The lowest BCUT2D eigenvalue weighted by atomic mass is 10.1. The number of aromatic nitrogens is 1. The number of Topliss-reactive ketones (excluding diaryl/α,β-unsaturated/α-hetero) is 1. The Morgan fingerprint density at radius 2 is 1.88 bits per heavy atom. The van der Waals surface area contributed by atoms with Gasteiger partial charge in [0.25, 0.3) is 0 Å². The molecular formula is C19H14FNO5. The van der Waals surface area contributed by atoms with Crippen molar-refractivity contribution in [2.75, 3.05) is 13.7 Å². The van der Waals surface area contributed by atoms with Gasteiger partial charge in [-0.1, -0.05) is 12.1 Å². The number of rotatable bonds is 5. The van der Waals surface area contributed by atoms with Crippen molar-refractivity contribution in [1.82, 2.24) is 4.98 Å². The SMILES string of the molecule is COc1ccc(C(=O)COC(=O)c2cc(=O)c3ccccc3[nH]2)cc1F. The number of esters is 1. The van der Waals surface area contributed by atoms with Gasteiger partial charge in [0.15, 0.2) is 29.4 Å². The van der Waals surface area contributed by atoms with Gasteiger partial charge in [-0.25, -0.2) is 9.18 Å². The van der Waals surface area contributed by atoms with E-state index in [1.54, 1.807) is 24.3 Å². The first-order chi connectivity index (χ1) is 12.5. The molecule has 0 fully saturated rings. The van der Waals surface area contributed by atoms with Crippen molar-refractivity contribution >= 4 is 22.7 Å². The van der Waals surface area contributed by atoms with E-state index in [9.17, 15) is 18.8 Å². The summed E-state index contributed by atoms with van der Waals surface area (Å²) in [6, 6.07) is 11.5. The van der Waals surface area contributed by atoms with Crippen LogP contribution in [0.15, 0.2) is 53.3 Å². The number of halogens is 1. The molecule has 1 aromatic heterocycles. The van der Waals surface area contributed by atoms with E-state index in [1.807, 2.05) is 0 Å². The van der Waals surface area contributed by atoms with E-state index in [4.69, 9.17) is 9.47 Å². The summed E-state index contributed by atoms with van der Waals surface area (Å²) in [7, 11) is 1.31. The van der Waals surface area contributed by atoms with Crippen LogP contribution in [0.5, 0.6) is 5.75 Å². The molecule has 0 radical (unpaired) electrons. The molecule has 26 heavy (non-hydrogen) atoms. The Morgan fingerprint density at radius 1 is 1.12 bits per heavy atom. The Balaban J connectivity index is 1.73. The summed E-state index contributed by atoms with van der Waals surface area (Å²) in [5, 5.41) is 0.439. The number of nitrogens with one attached hydrogen (secondary N) is 1. The molecular weight excluding hydrogens is 341 g/mol. The summed E-state index contributed by atoms with van der Waals surface area (Å²) in [6.07, 6.45) is 0. The summed E-state index contributed by atoms with van der Waals surface area (Å²) < 4.78 is 23.4. The zero-order valence-electron chi connectivity index (χ0n) is 13.7. The molecule has 0 aliphatic rings. The maximum absolute atomic E-state index is 13.6. The minimum Gasteiger partial charge on any atom is -0.494 e. The van der Waals surface area contributed by atoms with Crippen molar-refractivity contribution in [2.45, 2.75) is 0 Å². The Morgan fingerprint density at radius 3 is 2.62 bits per heavy atom. The summed E-state index contributed by atoms with van der Waals surface area (Å²) in [5.41, 5.74) is 0.121. The van der Waals surface area contributed by atoms with Crippen LogP contribution in [0.1, 0.15) is 20.8 Å². The fourth-order valence-electron chi connectivity index (χ4n) is 2.44. The van der Waals surface area contributed by atoms with Crippen molar-refractivity contribution in [2.24, 2.45) is 0 Å². The van der Waals surface area contributed by atoms with Crippen molar-refractivity contribution in [3.63, 3.8) is 0 Å². The monoisotopic (exact) mass is 355 g/mol. The van der Waals surface area contributed by atoms with Gasteiger partial charge in [-0.2, -0.15) is 0 Å². The highest BCUT2D eigenvalue weighted by Crippen LogP contribution is 2.18. The molecule has 7 heteroatoms. The molecule has 0 atom stereocenters. The summed E-state index contributed by atoms with van der Waals surface area (Å²) in [4.78, 5) is 39.0. The molecule has 0 aliphatic heterocycles. The van der Waals surface area contributed by atoms with Crippen LogP contribution >= 0.6 is 0 Å². The van der Waals surface area contributed by atoms with Gasteiger partial charge in [-0.15, -0.1) is 0 Å². The quantitative estimate of drug-likeness (QED) is 0.562. The molecule has 1 heterocycles. The standard InChI is InChI=1S/C19H14FNO5/c1-25-18-7-6-11(8-13(18)20)17(23)10-26-19(24)15-9-16(22)12-4-2-3-5-14(12)21-15/h2-9H,10H2,1H3,(H,21,22). The van der Waals surface area contributed by atoms with Gasteiger partial charge in [0, 0.05) is 22.5 Å². The maximum atomic E-state index is 13.6. The molecule has 0 unspecified atom stereocenters. The van der Waals surface area contributed by atoms with Gasteiger partial charge in [0.1, 0.15) is 5.69 Å². The third-order valence-corrected chi connectivity index (χ3v) is 3.77. The number of pyridine rings is 1. The van der Waals surface area contributed by atoms with Crippen molar-refractivity contribution in [3.05, 3.63) is 75.8 Å². The van der Waals surface area contributed by atoms with Gasteiger partial charge in [-0.3, -0.25) is 9.59 Å². The van der Waals surface area contributed by atoms with E-state index in [0.29, 0.717) is 10.9 Å². The van der Waals surface area contributed by atoms with Crippen molar-refractivity contribution in [1.29, 1.82) is 0 Å². The molecule has 0 saturated heterocycles. The molecule has 0 amide bonds. The number of hydrogen-bond donors (Lipinski definition) is 1.